The molecule has 1 rings (SSSR count). The van der Waals surface area contributed by atoms with Gasteiger partial charge >= 0.3 is 0 Å². The Balaban J connectivity index is 2.75. The molecular formula is C14H23NO2. The number of aliphatic hydroxyl groups is 1. The van der Waals surface area contributed by atoms with Gasteiger partial charge < -0.3 is 15.2 Å². The molecule has 3 nitrogen and oxygen atoms in total. The molecule has 0 bridgehead atoms. The Bertz CT molecular complexity index is 356. The number of nitrogens with one attached hydrogen (secondary N) is 1. The van der Waals surface area contributed by atoms with Gasteiger partial charge in [0, 0.05) is 12.1 Å². The summed E-state index contributed by atoms with van der Waals surface area (Å²) in [5.74, 6) is 0.846. The predicted octanol–water partition coefficient (Wildman–Crippen LogP) is 2.25. The van der Waals surface area contributed by atoms with Crippen LogP contribution in [0, 0.1) is 6.92 Å². The van der Waals surface area contributed by atoms with Crippen LogP contribution >= 0.6 is 0 Å². The molecule has 0 amide bonds. The van der Waals surface area contributed by atoms with Gasteiger partial charge in [-0.25, -0.2) is 0 Å². The first-order chi connectivity index (χ1) is 7.92. The van der Waals surface area contributed by atoms with E-state index in [-0.39, 0.29) is 0 Å². The molecule has 0 aliphatic heterocycles. The van der Waals surface area contributed by atoms with Gasteiger partial charge in [0.25, 0.3) is 0 Å². The van der Waals surface area contributed by atoms with Gasteiger partial charge in [-0.15, -0.1) is 0 Å². The Hall–Kier alpha value is -1.06. The molecule has 2 N–H and O–H groups in total. The van der Waals surface area contributed by atoms with Gasteiger partial charge in [-0.05, 0) is 33.4 Å². The van der Waals surface area contributed by atoms with Gasteiger partial charge in [0.1, 0.15) is 12.4 Å². The van der Waals surface area contributed by atoms with E-state index in [4.69, 9.17) is 4.74 Å². The van der Waals surface area contributed by atoms with Crippen molar-refractivity contribution in [2.45, 2.75) is 39.8 Å². The van der Waals surface area contributed by atoms with Gasteiger partial charge in [-0.3, -0.25) is 0 Å². The van der Waals surface area contributed by atoms with Crippen molar-refractivity contribution in [1.82, 2.24) is 5.32 Å². The first kappa shape index (κ1) is 14.0. The van der Waals surface area contributed by atoms with Crippen LogP contribution in [0.5, 0.6) is 5.75 Å². The summed E-state index contributed by atoms with van der Waals surface area (Å²) >= 11 is 0. The van der Waals surface area contributed by atoms with E-state index < -0.39 is 5.60 Å². The molecule has 0 spiro atoms. The second-order valence-corrected chi connectivity index (χ2v) is 4.99. The maximum absolute atomic E-state index is 9.66. The van der Waals surface area contributed by atoms with Crippen molar-refractivity contribution < 1.29 is 9.84 Å². The molecule has 0 saturated carbocycles. The van der Waals surface area contributed by atoms with Crippen molar-refractivity contribution in [3.63, 3.8) is 0 Å². The van der Waals surface area contributed by atoms with Crippen LogP contribution in [-0.4, -0.2) is 23.9 Å². The van der Waals surface area contributed by atoms with Crippen LogP contribution in [0.1, 0.15) is 31.9 Å². The molecule has 0 aromatic heterocycles. The molecule has 0 fully saturated rings. The van der Waals surface area contributed by atoms with Crippen LogP contribution in [0.3, 0.4) is 0 Å². The average molecular weight is 237 g/mol. The minimum absolute atomic E-state index is 0.301. The fourth-order valence-corrected chi connectivity index (χ4v) is 1.50. The minimum Gasteiger partial charge on any atom is -0.490 e. The zero-order valence-corrected chi connectivity index (χ0v) is 11.2. The van der Waals surface area contributed by atoms with Gasteiger partial charge in [-0.1, -0.05) is 24.6 Å². The van der Waals surface area contributed by atoms with Crippen LogP contribution < -0.4 is 10.1 Å². The van der Waals surface area contributed by atoms with Gasteiger partial charge in [0.15, 0.2) is 0 Å². The smallest absolute Gasteiger partial charge is 0.123 e. The summed E-state index contributed by atoms with van der Waals surface area (Å²) in [5, 5.41) is 12.9. The van der Waals surface area contributed by atoms with E-state index in [0.717, 1.165) is 24.4 Å². The van der Waals surface area contributed by atoms with Crippen molar-refractivity contribution in [2.24, 2.45) is 0 Å². The summed E-state index contributed by atoms with van der Waals surface area (Å²) in [6, 6.07) is 6.10. The molecule has 17 heavy (non-hydrogen) atoms. The zero-order valence-electron chi connectivity index (χ0n) is 11.2. The first-order valence-corrected chi connectivity index (χ1v) is 6.08. The van der Waals surface area contributed by atoms with Gasteiger partial charge in [-0.2, -0.15) is 0 Å². The summed E-state index contributed by atoms with van der Waals surface area (Å²) in [6.07, 6.45) is 0. The molecule has 96 valence electrons. The van der Waals surface area contributed by atoms with Crippen LogP contribution in [-0.2, 0) is 6.54 Å². The number of ether oxygens (including phenoxy) is 1. The third-order valence-corrected chi connectivity index (χ3v) is 2.36. The lowest BCUT2D eigenvalue weighted by molar-refractivity contribution is 0.0281. The Morgan fingerprint density at radius 2 is 2.06 bits per heavy atom. The first-order valence-electron chi connectivity index (χ1n) is 6.08. The lowest BCUT2D eigenvalue weighted by atomic mass is 10.1. The fraction of sp³-hybridized carbons (Fsp3) is 0.571. The van der Waals surface area contributed by atoms with Crippen LogP contribution in [0.2, 0.25) is 0 Å². The largest absolute Gasteiger partial charge is 0.490 e. The molecule has 0 atom stereocenters. The van der Waals surface area contributed by atoms with Crippen molar-refractivity contribution in [2.75, 3.05) is 13.2 Å². The van der Waals surface area contributed by atoms with E-state index in [0.29, 0.717) is 6.61 Å². The number of aryl methyl sites for hydroxylation is 1. The average Bonchev–Trinajstić information content (AvgIpc) is 2.23. The molecule has 0 unspecified atom stereocenters. The highest BCUT2D eigenvalue weighted by Crippen LogP contribution is 2.21. The minimum atomic E-state index is -0.805. The third kappa shape index (κ3) is 5.20. The van der Waals surface area contributed by atoms with Crippen LogP contribution in [0.4, 0.5) is 0 Å². The fourth-order valence-electron chi connectivity index (χ4n) is 1.50. The van der Waals surface area contributed by atoms with E-state index in [2.05, 4.69) is 25.2 Å². The van der Waals surface area contributed by atoms with E-state index >= 15 is 0 Å². The van der Waals surface area contributed by atoms with Gasteiger partial charge in [0.05, 0.1) is 5.60 Å². The second-order valence-electron chi connectivity index (χ2n) is 4.99. The topological polar surface area (TPSA) is 41.5 Å². The van der Waals surface area contributed by atoms with E-state index in [1.54, 1.807) is 13.8 Å². The maximum atomic E-state index is 9.66. The highest BCUT2D eigenvalue weighted by atomic mass is 16.5. The molecule has 0 aliphatic rings. The Labute approximate surface area is 104 Å². The molecule has 1 aromatic carbocycles. The maximum Gasteiger partial charge on any atom is 0.123 e. The SMILES string of the molecule is CCNCc1cc(C)ccc1OCC(C)(C)O. The third-order valence-electron chi connectivity index (χ3n) is 2.36. The van der Waals surface area contributed by atoms with Crippen molar-refractivity contribution in [3.05, 3.63) is 29.3 Å². The zero-order chi connectivity index (χ0) is 12.9. The van der Waals surface area contributed by atoms with Crippen molar-refractivity contribution in [1.29, 1.82) is 0 Å². The van der Waals surface area contributed by atoms with Gasteiger partial charge in [0.2, 0.25) is 0 Å². The predicted molar refractivity (Wildman–Crippen MR) is 70.4 cm³/mol. The summed E-state index contributed by atoms with van der Waals surface area (Å²) in [5.41, 5.74) is 1.55. The monoisotopic (exact) mass is 237 g/mol. The number of hydrogen-bond donors (Lipinski definition) is 2. The molecule has 1 aromatic rings. The van der Waals surface area contributed by atoms with Crippen molar-refractivity contribution in [3.8, 4) is 5.75 Å². The Kier molecular flexibility index (Phi) is 4.97. The summed E-state index contributed by atoms with van der Waals surface area (Å²) < 4.78 is 5.66. The quantitative estimate of drug-likeness (QED) is 0.797. The number of benzene rings is 1. The van der Waals surface area contributed by atoms with E-state index in [1.165, 1.54) is 5.56 Å². The van der Waals surface area contributed by atoms with Crippen LogP contribution in [0.15, 0.2) is 18.2 Å². The second kappa shape index (κ2) is 6.03. The number of hydrogen-bond acceptors (Lipinski definition) is 3. The molecule has 3 heteroatoms. The molecule has 0 heterocycles. The highest BCUT2D eigenvalue weighted by molar-refractivity contribution is 5.36. The Morgan fingerprint density at radius 3 is 2.65 bits per heavy atom. The lowest BCUT2D eigenvalue weighted by Gasteiger charge is -2.19. The summed E-state index contributed by atoms with van der Waals surface area (Å²) in [6.45, 7) is 9.64. The normalized spacial score (nSPS) is 11.6. The highest BCUT2D eigenvalue weighted by Gasteiger charge is 2.14. The van der Waals surface area contributed by atoms with E-state index in [1.807, 2.05) is 12.1 Å². The molecule has 0 aliphatic carbocycles. The molecule has 0 saturated heterocycles. The molecule has 0 radical (unpaired) electrons. The summed E-state index contributed by atoms with van der Waals surface area (Å²) in [7, 11) is 0. The Morgan fingerprint density at radius 1 is 1.35 bits per heavy atom. The van der Waals surface area contributed by atoms with Crippen LogP contribution in [0.25, 0.3) is 0 Å². The summed E-state index contributed by atoms with van der Waals surface area (Å²) in [4.78, 5) is 0. The molecular weight excluding hydrogens is 214 g/mol. The van der Waals surface area contributed by atoms with E-state index in [9.17, 15) is 5.11 Å². The lowest BCUT2D eigenvalue weighted by Crippen LogP contribution is -2.28. The van der Waals surface area contributed by atoms with Crippen molar-refractivity contribution >= 4 is 0 Å². The standard InChI is InChI=1S/C14H23NO2/c1-5-15-9-12-8-11(2)6-7-13(12)17-10-14(3,4)16/h6-8,15-16H,5,9-10H2,1-4H3. The number of rotatable bonds is 6.